The van der Waals surface area contributed by atoms with Gasteiger partial charge in [0.2, 0.25) is 5.57 Å². The fraction of sp³-hybridized carbons (Fsp3) is 0.500. The molecule has 24 heavy (non-hydrogen) atoms. The van der Waals surface area contributed by atoms with E-state index < -0.39 is 0 Å². The zero-order chi connectivity index (χ0) is 17.4. The first kappa shape index (κ1) is 16.4. The van der Waals surface area contributed by atoms with Gasteiger partial charge in [-0.25, -0.2) is 9.48 Å². The molecular formula is C18H24N4O2+2. The standard InChI is InChI=1S/C18H22N4O2/c1-5-7-13-15(17(23)21(3)19-13)11-9-12(10-11)16-14(8-6-2)20-22(4)18(16)24/h5-9H2,1-4H3/p+2. The number of hydrogen-bond acceptors (Lipinski definition) is 2. The first-order valence-corrected chi connectivity index (χ1v) is 8.53. The van der Waals surface area contributed by atoms with Crippen LogP contribution in [0.1, 0.15) is 50.8 Å². The van der Waals surface area contributed by atoms with Gasteiger partial charge in [-0.3, -0.25) is 9.89 Å². The summed E-state index contributed by atoms with van der Waals surface area (Å²) in [5.74, 6) is -0.0178. The third-order valence-corrected chi connectivity index (χ3v) is 4.50. The van der Waals surface area contributed by atoms with Gasteiger partial charge < -0.3 is 0 Å². The lowest BCUT2D eigenvalue weighted by Gasteiger charge is -2.08. The monoisotopic (exact) mass is 328 g/mol. The van der Waals surface area contributed by atoms with Crippen molar-refractivity contribution in [1.82, 2.24) is 14.8 Å². The number of carbonyl (C=O) groups excluding carboxylic acids is 1. The fourth-order valence-electron chi connectivity index (χ4n) is 3.34. The molecule has 0 spiro atoms. The number of hydrazine groups is 1. The Hall–Kier alpha value is -2.46. The number of nitrogens with one attached hydrogen (secondary N) is 2. The van der Waals surface area contributed by atoms with Crippen LogP contribution in [0.25, 0.3) is 5.57 Å². The summed E-state index contributed by atoms with van der Waals surface area (Å²) >= 11 is 0. The molecule has 1 aliphatic heterocycles. The Kier molecular flexibility index (Phi) is 4.24. The second-order valence-corrected chi connectivity index (χ2v) is 6.42. The number of rotatable bonds is 5. The summed E-state index contributed by atoms with van der Waals surface area (Å²) in [5, 5.41) is 7.77. The predicted octanol–water partition coefficient (Wildman–Crippen LogP) is 0.261. The fourth-order valence-corrected chi connectivity index (χ4v) is 3.34. The maximum Gasteiger partial charge on any atom is 0.369 e. The van der Waals surface area contributed by atoms with Crippen LogP contribution >= 0.6 is 0 Å². The molecule has 0 bridgehead atoms. The SMILES string of the molecule is CCCC1=[NH+]N(C)C(=O)C1=C1[C+]=C(c2c(CCC)[nH]n(C)c2=O)C1. The van der Waals surface area contributed by atoms with Crippen LogP contribution in [0.5, 0.6) is 0 Å². The lowest BCUT2D eigenvalue weighted by atomic mass is 9.82. The molecule has 0 radical (unpaired) electrons. The molecule has 2 N–H and O–H groups in total. The molecule has 6 heteroatoms. The molecule has 3 rings (SSSR count). The zero-order valence-electron chi connectivity index (χ0n) is 14.7. The molecule has 1 amide bonds. The minimum absolute atomic E-state index is 0.0178. The van der Waals surface area contributed by atoms with Crippen LogP contribution in [-0.2, 0) is 18.3 Å². The number of hydrazone groups is 1. The van der Waals surface area contributed by atoms with E-state index in [0.29, 0.717) is 6.42 Å². The lowest BCUT2D eigenvalue weighted by molar-refractivity contribution is -0.610. The molecule has 6 nitrogen and oxygen atoms in total. The van der Waals surface area contributed by atoms with Gasteiger partial charge in [-0.1, -0.05) is 13.8 Å². The summed E-state index contributed by atoms with van der Waals surface area (Å²) in [5.41, 5.74) is 5.17. The number of carbonyl (C=O) groups is 1. The van der Waals surface area contributed by atoms with Gasteiger partial charge in [0, 0.05) is 26.0 Å². The minimum Gasteiger partial charge on any atom is -0.285 e. The maximum atomic E-state index is 12.4. The summed E-state index contributed by atoms with van der Waals surface area (Å²) in [4.78, 5) is 24.7. The molecule has 1 aliphatic carbocycles. The number of aromatic amines is 1. The Morgan fingerprint density at radius 3 is 2.46 bits per heavy atom. The van der Waals surface area contributed by atoms with Gasteiger partial charge in [-0.15, -0.1) is 10.1 Å². The van der Waals surface area contributed by atoms with Crippen molar-refractivity contribution in [2.75, 3.05) is 7.05 Å². The summed E-state index contributed by atoms with van der Waals surface area (Å²) in [6.07, 6.45) is 7.50. The molecule has 0 saturated carbocycles. The van der Waals surface area contributed by atoms with Crippen LogP contribution in [-0.4, -0.2) is 33.5 Å². The van der Waals surface area contributed by atoms with Crippen molar-refractivity contribution in [1.29, 1.82) is 0 Å². The number of H-pyrrole nitrogens is 1. The van der Waals surface area contributed by atoms with E-state index in [-0.39, 0.29) is 11.5 Å². The largest absolute Gasteiger partial charge is 0.369 e. The van der Waals surface area contributed by atoms with Crippen LogP contribution in [0.4, 0.5) is 0 Å². The van der Waals surface area contributed by atoms with Crippen LogP contribution < -0.4 is 10.7 Å². The molecule has 0 unspecified atom stereocenters. The molecule has 0 atom stereocenters. The summed E-state index contributed by atoms with van der Waals surface area (Å²) in [6, 6.07) is 0. The Bertz CT molecular complexity index is 836. The van der Waals surface area contributed by atoms with E-state index >= 15 is 0 Å². The number of hydrogen-bond donors (Lipinski definition) is 2. The molecule has 0 saturated heterocycles. The Morgan fingerprint density at radius 1 is 1.17 bits per heavy atom. The van der Waals surface area contributed by atoms with E-state index in [2.05, 4.69) is 30.1 Å². The van der Waals surface area contributed by atoms with Crippen molar-refractivity contribution in [3.8, 4) is 0 Å². The molecular weight excluding hydrogens is 304 g/mol. The van der Waals surface area contributed by atoms with Gasteiger partial charge in [-0.05, 0) is 12.8 Å². The van der Waals surface area contributed by atoms with Gasteiger partial charge in [0.1, 0.15) is 16.8 Å². The van der Waals surface area contributed by atoms with E-state index in [1.807, 2.05) is 0 Å². The summed E-state index contributed by atoms with van der Waals surface area (Å²) in [7, 11) is 3.46. The van der Waals surface area contributed by atoms with Gasteiger partial charge in [0.15, 0.2) is 5.56 Å². The topological polar surface area (TPSA) is 72.1 Å². The average Bonchev–Trinajstić information content (AvgIpc) is 2.91. The van der Waals surface area contributed by atoms with Gasteiger partial charge >= 0.3 is 11.5 Å². The quantitative estimate of drug-likeness (QED) is 0.601. The Labute approximate surface area is 141 Å². The van der Waals surface area contributed by atoms with Crippen molar-refractivity contribution < 1.29 is 9.90 Å². The highest BCUT2D eigenvalue weighted by molar-refractivity contribution is 6.22. The number of aromatic nitrogens is 2. The first-order valence-electron chi connectivity index (χ1n) is 8.53. The van der Waals surface area contributed by atoms with Gasteiger partial charge in [-0.2, -0.15) is 0 Å². The first-order chi connectivity index (χ1) is 11.5. The number of nitrogens with zero attached hydrogens (tertiary/aromatic N) is 2. The molecule has 0 aromatic carbocycles. The van der Waals surface area contributed by atoms with E-state index in [4.69, 9.17) is 0 Å². The molecule has 1 aromatic rings. The van der Waals surface area contributed by atoms with Crippen molar-refractivity contribution in [2.45, 2.75) is 46.0 Å². The average molecular weight is 328 g/mol. The van der Waals surface area contributed by atoms with Crippen LogP contribution in [0.2, 0.25) is 0 Å². The Morgan fingerprint density at radius 2 is 1.83 bits per heavy atom. The number of aryl methyl sites for hydroxylation is 2. The molecule has 1 aromatic heterocycles. The van der Waals surface area contributed by atoms with Crippen molar-refractivity contribution in [3.63, 3.8) is 0 Å². The lowest BCUT2D eigenvalue weighted by Crippen LogP contribution is -2.79. The van der Waals surface area contributed by atoms with Gasteiger partial charge in [0.05, 0.1) is 13.5 Å². The van der Waals surface area contributed by atoms with E-state index in [1.165, 1.54) is 9.69 Å². The predicted molar refractivity (Wildman–Crippen MR) is 92.0 cm³/mol. The third kappa shape index (κ3) is 2.53. The highest BCUT2D eigenvalue weighted by Crippen LogP contribution is 2.35. The molecule has 2 heterocycles. The minimum atomic E-state index is -0.0178. The highest BCUT2D eigenvalue weighted by atomic mass is 16.2. The molecule has 0 fully saturated rings. The van der Waals surface area contributed by atoms with Crippen molar-refractivity contribution >= 4 is 17.2 Å². The number of amides is 1. The normalized spacial score (nSPS) is 20.0. The molecule has 126 valence electrons. The zero-order valence-corrected chi connectivity index (χ0v) is 14.7. The van der Waals surface area contributed by atoms with Crippen LogP contribution in [0.3, 0.4) is 0 Å². The smallest absolute Gasteiger partial charge is 0.285 e. The second-order valence-electron chi connectivity index (χ2n) is 6.42. The Balaban J connectivity index is 1.99. The van der Waals surface area contributed by atoms with Crippen LogP contribution in [0.15, 0.2) is 15.9 Å². The number of likely N-dealkylation sites (N-methyl/N-ethyl adjacent to an activating group) is 1. The second kappa shape index (κ2) is 6.21. The van der Waals surface area contributed by atoms with Crippen molar-refractivity contribution in [2.24, 2.45) is 7.05 Å². The number of allylic oxidation sites excluding steroid dienone is 3. The maximum absolute atomic E-state index is 12.4. The van der Waals surface area contributed by atoms with Crippen LogP contribution in [0, 0.1) is 6.08 Å². The third-order valence-electron chi connectivity index (χ3n) is 4.50. The molecule has 2 aliphatic rings. The van der Waals surface area contributed by atoms with E-state index in [0.717, 1.165) is 59.4 Å². The van der Waals surface area contributed by atoms with E-state index in [9.17, 15) is 9.59 Å². The highest BCUT2D eigenvalue weighted by Gasteiger charge is 2.45. The van der Waals surface area contributed by atoms with Gasteiger partial charge in [0.25, 0.3) is 5.71 Å². The summed E-state index contributed by atoms with van der Waals surface area (Å²) < 4.78 is 1.52. The summed E-state index contributed by atoms with van der Waals surface area (Å²) in [6.45, 7) is 4.18. The van der Waals surface area contributed by atoms with Crippen molar-refractivity contribution in [3.05, 3.63) is 38.8 Å². The van der Waals surface area contributed by atoms with E-state index in [1.54, 1.807) is 14.1 Å².